The predicted octanol–water partition coefficient (Wildman–Crippen LogP) is 3.79. The molecule has 3 N–H and O–H groups in total. The van der Waals surface area contributed by atoms with Crippen molar-refractivity contribution in [2.75, 3.05) is 10.2 Å². The van der Waals surface area contributed by atoms with Gasteiger partial charge in [-0.25, -0.2) is 14.5 Å². The SMILES string of the molecule is O=C(O)c1cc(C(=O)O)cc(N2C(=O)CC(Nc3cc(Cl)c(Cl)cc3Cl)C2=O)c1. The van der Waals surface area contributed by atoms with Gasteiger partial charge in [-0.1, -0.05) is 34.8 Å². The lowest BCUT2D eigenvalue weighted by Gasteiger charge is -2.18. The van der Waals surface area contributed by atoms with Crippen LogP contribution >= 0.6 is 34.8 Å². The molecule has 0 aliphatic carbocycles. The Balaban J connectivity index is 1.95. The van der Waals surface area contributed by atoms with E-state index >= 15 is 0 Å². The summed E-state index contributed by atoms with van der Waals surface area (Å²) in [6, 6.07) is 4.81. The molecule has 0 bridgehead atoms. The number of amides is 2. The summed E-state index contributed by atoms with van der Waals surface area (Å²) >= 11 is 17.9. The summed E-state index contributed by atoms with van der Waals surface area (Å²) in [6.45, 7) is 0. The lowest BCUT2D eigenvalue weighted by Crippen LogP contribution is -2.35. The molecule has 150 valence electrons. The Kier molecular flexibility index (Phi) is 5.70. The first-order valence-corrected chi connectivity index (χ1v) is 9.11. The van der Waals surface area contributed by atoms with Crippen LogP contribution in [0.2, 0.25) is 15.1 Å². The van der Waals surface area contributed by atoms with Gasteiger partial charge in [0.1, 0.15) is 6.04 Å². The molecule has 1 aliphatic rings. The minimum atomic E-state index is -1.40. The van der Waals surface area contributed by atoms with E-state index in [0.717, 1.165) is 23.1 Å². The minimum Gasteiger partial charge on any atom is -0.478 e. The van der Waals surface area contributed by atoms with E-state index in [-0.39, 0.29) is 44.0 Å². The van der Waals surface area contributed by atoms with Crippen LogP contribution in [0.25, 0.3) is 0 Å². The molecule has 2 aromatic carbocycles. The van der Waals surface area contributed by atoms with Crippen molar-refractivity contribution in [2.45, 2.75) is 12.5 Å². The highest BCUT2D eigenvalue weighted by Crippen LogP contribution is 2.34. The van der Waals surface area contributed by atoms with Crippen molar-refractivity contribution in [3.05, 3.63) is 56.5 Å². The van der Waals surface area contributed by atoms with Gasteiger partial charge >= 0.3 is 11.9 Å². The predicted molar refractivity (Wildman–Crippen MR) is 106 cm³/mol. The van der Waals surface area contributed by atoms with E-state index in [1.807, 2.05) is 0 Å². The van der Waals surface area contributed by atoms with Crippen molar-refractivity contribution in [3.63, 3.8) is 0 Å². The fourth-order valence-corrected chi connectivity index (χ4v) is 3.43. The molecule has 1 atom stereocenters. The molecule has 0 spiro atoms. The highest BCUT2D eigenvalue weighted by Gasteiger charge is 2.40. The maximum atomic E-state index is 12.8. The summed E-state index contributed by atoms with van der Waals surface area (Å²) in [7, 11) is 0. The largest absolute Gasteiger partial charge is 0.478 e. The van der Waals surface area contributed by atoms with Crippen LogP contribution in [-0.2, 0) is 9.59 Å². The fourth-order valence-electron chi connectivity index (χ4n) is 2.82. The molecule has 11 heteroatoms. The number of nitrogens with one attached hydrogen (secondary N) is 1. The molecule has 1 unspecified atom stereocenters. The highest BCUT2D eigenvalue weighted by atomic mass is 35.5. The molecule has 2 aromatic rings. The van der Waals surface area contributed by atoms with Crippen molar-refractivity contribution in [3.8, 4) is 0 Å². The molecule has 3 rings (SSSR count). The first kappa shape index (κ1) is 20.9. The van der Waals surface area contributed by atoms with Crippen LogP contribution in [-0.4, -0.2) is 40.0 Å². The number of carboxylic acids is 2. The molecule has 0 saturated carbocycles. The number of nitrogens with zero attached hydrogens (tertiary/aromatic N) is 1. The molecular weight excluding hydrogens is 447 g/mol. The summed E-state index contributed by atoms with van der Waals surface area (Å²) in [5.41, 5.74) is -0.615. The van der Waals surface area contributed by atoms with Crippen LogP contribution in [0.15, 0.2) is 30.3 Å². The quantitative estimate of drug-likeness (QED) is 0.461. The second-order valence-corrected chi connectivity index (χ2v) is 7.32. The smallest absolute Gasteiger partial charge is 0.335 e. The van der Waals surface area contributed by atoms with E-state index in [1.54, 1.807) is 0 Å². The third kappa shape index (κ3) is 4.14. The highest BCUT2D eigenvalue weighted by molar-refractivity contribution is 6.44. The lowest BCUT2D eigenvalue weighted by molar-refractivity contribution is -0.121. The van der Waals surface area contributed by atoms with Gasteiger partial charge in [-0.15, -0.1) is 0 Å². The second kappa shape index (κ2) is 7.90. The number of hydrogen-bond donors (Lipinski definition) is 3. The Hall–Kier alpha value is -2.81. The van der Waals surface area contributed by atoms with Gasteiger partial charge in [-0.05, 0) is 30.3 Å². The first-order valence-electron chi connectivity index (χ1n) is 7.98. The molecule has 1 saturated heterocycles. The summed E-state index contributed by atoms with van der Waals surface area (Å²) in [5, 5.41) is 21.8. The average molecular weight is 458 g/mol. The van der Waals surface area contributed by atoms with Crippen molar-refractivity contribution in [1.29, 1.82) is 0 Å². The van der Waals surface area contributed by atoms with Gasteiger partial charge < -0.3 is 15.5 Å². The van der Waals surface area contributed by atoms with Crippen LogP contribution in [0.5, 0.6) is 0 Å². The Morgan fingerprint density at radius 2 is 1.45 bits per heavy atom. The Morgan fingerprint density at radius 1 is 0.897 bits per heavy atom. The Bertz CT molecular complexity index is 1040. The summed E-state index contributed by atoms with van der Waals surface area (Å²) in [6.07, 6.45) is -0.255. The average Bonchev–Trinajstić information content (AvgIpc) is 2.92. The molecular formula is C18H11Cl3N2O6. The number of imide groups is 1. The zero-order valence-corrected chi connectivity index (χ0v) is 16.5. The maximum Gasteiger partial charge on any atom is 0.335 e. The van der Waals surface area contributed by atoms with Gasteiger partial charge in [0, 0.05) is 0 Å². The van der Waals surface area contributed by atoms with E-state index < -0.39 is 29.8 Å². The fraction of sp³-hybridized carbons (Fsp3) is 0.111. The number of halogens is 3. The third-order valence-electron chi connectivity index (χ3n) is 4.16. The number of anilines is 2. The normalized spacial score (nSPS) is 16.2. The van der Waals surface area contributed by atoms with Gasteiger partial charge in [0.25, 0.3) is 5.91 Å². The van der Waals surface area contributed by atoms with Gasteiger partial charge in [0.2, 0.25) is 5.91 Å². The summed E-state index contributed by atoms with van der Waals surface area (Å²) in [5.74, 6) is -4.13. The molecule has 0 aromatic heterocycles. The Labute approximate surface area is 178 Å². The first-order chi connectivity index (χ1) is 13.6. The summed E-state index contributed by atoms with van der Waals surface area (Å²) < 4.78 is 0. The van der Waals surface area contributed by atoms with Crippen molar-refractivity contribution >= 4 is 69.9 Å². The van der Waals surface area contributed by atoms with Crippen molar-refractivity contribution in [1.82, 2.24) is 0 Å². The third-order valence-corrected chi connectivity index (χ3v) is 5.19. The zero-order chi connectivity index (χ0) is 21.5. The van der Waals surface area contributed by atoms with Gasteiger partial charge in [0.15, 0.2) is 0 Å². The topological polar surface area (TPSA) is 124 Å². The molecule has 1 fully saturated rings. The zero-order valence-electron chi connectivity index (χ0n) is 14.3. The van der Waals surface area contributed by atoms with Crippen LogP contribution < -0.4 is 10.2 Å². The van der Waals surface area contributed by atoms with Gasteiger partial charge in [-0.3, -0.25) is 9.59 Å². The van der Waals surface area contributed by atoms with Crippen LogP contribution in [0.4, 0.5) is 11.4 Å². The molecule has 1 aliphatic heterocycles. The molecule has 8 nitrogen and oxygen atoms in total. The molecule has 0 radical (unpaired) electrons. The van der Waals surface area contributed by atoms with Gasteiger partial charge in [0.05, 0.1) is 44.0 Å². The molecule has 29 heavy (non-hydrogen) atoms. The minimum absolute atomic E-state index is 0.151. The standard InChI is InChI=1S/C18H11Cl3N2O6/c19-10-4-12(21)13(5-11(10)20)22-14-6-15(24)23(16(14)25)9-2-7(17(26)27)1-8(3-9)18(28)29/h1-5,14,22H,6H2,(H,26,27)(H,28,29). The Morgan fingerprint density at radius 3 is 2.00 bits per heavy atom. The number of carbonyl (C=O) groups is 4. The van der Waals surface area contributed by atoms with Gasteiger partial charge in [-0.2, -0.15) is 0 Å². The molecule has 1 heterocycles. The van der Waals surface area contributed by atoms with Crippen molar-refractivity contribution in [2.24, 2.45) is 0 Å². The van der Waals surface area contributed by atoms with Crippen molar-refractivity contribution < 1.29 is 29.4 Å². The van der Waals surface area contributed by atoms with Crippen LogP contribution in [0, 0.1) is 0 Å². The maximum absolute atomic E-state index is 12.8. The number of carbonyl (C=O) groups excluding carboxylic acids is 2. The van der Waals surface area contributed by atoms with E-state index in [1.165, 1.54) is 12.1 Å². The lowest BCUT2D eigenvalue weighted by atomic mass is 10.1. The monoisotopic (exact) mass is 456 g/mol. The number of hydrogen-bond acceptors (Lipinski definition) is 5. The van der Waals surface area contributed by atoms with Crippen LogP contribution in [0.3, 0.4) is 0 Å². The van der Waals surface area contributed by atoms with E-state index in [9.17, 15) is 29.4 Å². The number of aromatic carboxylic acids is 2. The molecule has 2 amide bonds. The van der Waals surface area contributed by atoms with Crippen LogP contribution in [0.1, 0.15) is 27.1 Å². The van der Waals surface area contributed by atoms with E-state index in [0.29, 0.717) is 0 Å². The van der Waals surface area contributed by atoms with E-state index in [2.05, 4.69) is 5.32 Å². The summed E-state index contributed by atoms with van der Waals surface area (Å²) in [4.78, 5) is 48.5. The van der Waals surface area contributed by atoms with E-state index in [4.69, 9.17) is 34.8 Å². The number of benzene rings is 2. The number of carboxylic acid groups (broad SMARTS) is 2. The number of rotatable bonds is 5. The second-order valence-electron chi connectivity index (χ2n) is 6.09.